The minimum atomic E-state index is -0.657. The van der Waals surface area contributed by atoms with Gasteiger partial charge in [-0.3, -0.25) is 14.9 Å². The fraction of sp³-hybridized carbons (Fsp3) is 0.214. The van der Waals surface area contributed by atoms with Gasteiger partial charge >= 0.3 is 0 Å². The molecule has 3 N–H and O–H groups in total. The first kappa shape index (κ1) is 15.0. The van der Waals surface area contributed by atoms with Crippen LogP contribution < -0.4 is 15.8 Å². The third-order valence-corrected chi connectivity index (χ3v) is 3.37. The zero-order chi connectivity index (χ0) is 15.2. The van der Waals surface area contributed by atoms with Crippen LogP contribution in [0.25, 0.3) is 0 Å². The SMILES string of the molecule is C[C@H](Oc1ccccc1)C(=O)Nc1nc(CC(N)=O)cs1. The number of carbonyl (C=O) groups is 2. The molecule has 2 amide bonds. The first-order valence-corrected chi connectivity index (χ1v) is 7.18. The van der Waals surface area contributed by atoms with Gasteiger partial charge in [0, 0.05) is 5.38 Å². The van der Waals surface area contributed by atoms with Gasteiger partial charge in [0.2, 0.25) is 5.91 Å². The number of aromatic nitrogens is 1. The van der Waals surface area contributed by atoms with Gasteiger partial charge in [-0.2, -0.15) is 0 Å². The average Bonchev–Trinajstić information content (AvgIpc) is 2.86. The smallest absolute Gasteiger partial charge is 0.266 e. The van der Waals surface area contributed by atoms with Crippen LogP contribution in [-0.4, -0.2) is 22.9 Å². The van der Waals surface area contributed by atoms with Gasteiger partial charge in [0.15, 0.2) is 11.2 Å². The summed E-state index contributed by atoms with van der Waals surface area (Å²) in [7, 11) is 0. The van der Waals surface area contributed by atoms with Crippen molar-refractivity contribution in [1.82, 2.24) is 4.98 Å². The number of hydrogen-bond donors (Lipinski definition) is 2. The molecule has 0 aliphatic heterocycles. The van der Waals surface area contributed by atoms with Gasteiger partial charge < -0.3 is 10.5 Å². The molecule has 0 saturated heterocycles. The number of para-hydroxylation sites is 1. The van der Waals surface area contributed by atoms with Crippen LogP contribution in [0.5, 0.6) is 5.75 Å². The molecule has 1 atom stereocenters. The Hall–Kier alpha value is -2.41. The molecule has 0 aliphatic rings. The van der Waals surface area contributed by atoms with Gasteiger partial charge in [-0.15, -0.1) is 11.3 Å². The van der Waals surface area contributed by atoms with Crippen LogP contribution in [0.3, 0.4) is 0 Å². The van der Waals surface area contributed by atoms with Crippen LogP contribution in [0.2, 0.25) is 0 Å². The van der Waals surface area contributed by atoms with E-state index >= 15 is 0 Å². The number of nitrogens with one attached hydrogen (secondary N) is 1. The summed E-state index contributed by atoms with van der Waals surface area (Å²) in [6, 6.07) is 9.08. The number of anilines is 1. The molecule has 21 heavy (non-hydrogen) atoms. The third-order valence-electron chi connectivity index (χ3n) is 2.56. The quantitative estimate of drug-likeness (QED) is 0.847. The predicted molar refractivity (Wildman–Crippen MR) is 80.2 cm³/mol. The predicted octanol–water partition coefficient (Wildman–Crippen LogP) is 1.58. The Balaban J connectivity index is 1.91. The van der Waals surface area contributed by atoms with Crippen molar-refractivity contribution in [2.75, 3.05) is 5.32 Å². The number of ether oxygens (including phenoxy) is 1. The van der Waals surface area contributed by atoms with Crippen molar-refractivity contribution in [2.24, 2.45) is 5.73 Å². The van der Waals surface area contributed by atoms with Gasteiger partial charge in [0.05, 0.1) is 12.1 Å². The molecule has 6 nitrogen and oxygen atoms in total. The molecule has 2 aromatic rings. The topological polar surface area (TPSA) is 94.3 Å². The number of nitrogens with zero attached hydrogens (tertiary/aromatic N) is 1. The van der Waals surface area contributed by atoms with Crippen LogP contribution in [-0.2, 0) is 16.0 Å². The Morgan fingerprint density at radius 2 is 2.10 bits per heavy atom. The zero-order valence-electron chi connectivity index (χ0n) is 11.4. The summed E-state index contributed by atoms with van der Waals surface area (Å²) in [5.74, 6) is -0.147. The molecule has 0 spiro atoms. The summed E-state index contributed by atoms with van der Waals surface area (Å²) in [6.07, 6.45) is -0.599. The standard InChI is InChI=1S/C14H15N3O3S/c1-9(20-11-5-3-2-4-6-11)13(19)17-14-16-10(8-21-14)7-12(15)18/h2-6,8-9H,7H2,1H3,(H2,15,18)(H,16,17,19)/t9-/m0/s1. The Bertz CT molecular complexity index is 627. The van der Waals surface area contributed by atoms with Crippen molar-refractivity contribution in [3.05, 3.63) is 41.4 Å². The van der Waals surface area contributed by atoms with Gasteiger partial charge in [-0.05, 0) is 19.1 Å². The molecular weight excluding hydrogens is 290 g/mol. The Kier molecular flexibility index (Phi) is 4.89. The highest BCUT2D eigenvalue weighted by Crippen LogP contribution is 2.17. The minimum Gasteiger partial charge on any atom is -0.481 e. The summed E-state index contributed by atoms with van der Waals surface area (Å²) in [4.78, 5) is 26.9. The van der Waals surface area contributed by atoms with E-state index in [1.807, 2.05) is 18.2 Å². The molecule has 0 aliphatic carbocycles. The number of carbonyl (C=O) groups excluding carboxylic acids is 2. The van der Waals surface area contributed by atoms with E-state index in [0.717, 1.165) is 0 Å². The van der Waals surface area contributed by atoms with Crippen LogP contribution in [0, 0.1) is 0 Å². The summed E-state index contributed by atoms with van der Waals surface area (Å²) in [6.45, 7) is 1.65. The van der Waals surface area contributed by atoms with E-state index in [4.69, 9.17) is 10.5 Å². The molecule has 0 radical (unpaired) electrons. The van der Waals surface area contributed by atoms with E-state index < -0.39 is 12.0 Å². The van der Waals surface area contributed by atoms with E-state index in [0.29, 0.717) is 16.6 Å². The second-order valence-electron chi connectivity index (χ2n) is 4.35. The highest BCUT2D eigenvalue weighted by atomic mass is 32.1. The fourth-order valence-corrected chi connectivity index (χ4v) is 2.30. The molecule has 0 fully saturated rings. The number of hydrogen-bond acceptors (Lipinski definition) is 5. The molecule has 1 heterocycles. The Morgan fingerprint density at radius 1 is 1.38 bits per heavy atom. The normalized spacial score (nSPS) is 11.7. The van der Waals surface area contributed by atoms with Crippen molar-refractivity contribution < 1.29 is 14.3 Å². The van der Waals surface area contributed by atoms with E-state index in [9.17, 15) is 9.59 Å². The molecule has 1 aromatic heterocycles. The van der Waals surface area contributed by atoms with Crippen molar-refractivity contribution in [3.63, 3.8) is 0 Å². The summed E-state index contributed by atoms with van der Waals surface area (Å²) >= 11 is 1.24. The Morgan fingerprint density at radius 3 is 2.76 bits per heavy atom. The maximum atomic E-state index is 12.0. The molecule has 7 heteroatoms. The number of amides is 2. The summed E-state index contributed by atoms with van der Waals surface area (Å²) in [5, 5.41) is 4.75. The summed E-state index contributed by atoms with van der Waals surface area (Å²) < 4.78 is 5.51. The molecule has 0 saturated carbocycles. The van der Waals surface area contributed by atoms with E-state index in [1.54, 1.807) is 24.4 Å². The van der Waals surface area contributed by atoms with Crippen LogP contribution >= 0.6 is 11.3 Å². The maximum Gasteiger partial charge on any atom is 0.266 e. The summed E-state index contributed by atoms with van der Waals surface area (Å²) in [5.41, 5.74) is 5.63. The highest BCUT2D eigenvalue weighted by Gasteiger charge is 2.16. The molecule has 0 bridgehead atoms. The van der Waals surface area contributed by atoms with Gasteiger partial charge in [0.25, 0.3) is 5.91 Å². The number of primary amides is 1. The highest BCUT2D eigenvalue weighted by molar-refractivity contribution is 7.13. The first-order valence-electron chi connectivity index (χ1n) is 6.30. The van der Waals surface area contributed by atoms with Crippen molar-refractivity contribution in [3.8, 4) is 5.75 Å². The van der Waals surface area contributed by atoms with Crippen molar-refractivity contribution in [1.29, 1.82) is 0 Å². The molecular formula is C14H15N3O3S. The molecule has 2 rings (SSSR count). The van der Waals surface area contributed by atoms with Gasteiger partial charge in [-0.25, -0.2) is 4.98 Å². The lowest BCUT2D eigenvalue weighted by Crippen LogP contribution is -2.30. The lowest BCUT2D eigenvalue weighted by molar-refractivity contribution is -0.122. The van der Waals surface area contributed by atoms with Crippen LogP contribution in [0.15, 0.2) is 35.7 Å². The van der Waals surface area contributed by atoms with Crippen molar-refractivity contribution in [2.45, 2.75) is 19.4 Å². The molecule has 0 unspecified atom stereocenters. The van der Waals surface area contributed by atoms with Crippen LogP contribution in [0.1, 0.15) is 12.6 Å². The number of thiazole rings is 1. The minimum absolute atomic E-state index is 0.0580. The lowest BCUT2D eigenvalue weighted by Gasteiger charge is -2.13. The van der Waals surface area contributed by atoms with E-state index in [-0.39, 0.29) is 12.3 Å². The average molecular weight is 305 g/mol. The van der Waals surface area contributed by atoms with E-state index in [1.165, 1.54) is 11.3 Å². The fourth-order valence-electron chi connectivity index (χ4n) is 1.59. The van der Waals surface area contributed by atoms with Gasteiger partial charge in [-0.1, -0.05) is 18.2 Å². The van der Waals surface area contributed by atoms with Crippen molar-refractivity contribution >= 4 is 28.3 Å². The second-order valence-corrected chi connectivity index (χ2v) is 5.21. The molecule has 110 valence electrons. The molecule has 1 aromatic carbocycles. The zero-order valence-corrected chi connectivity index (χ0v) is 12.2. The van der Waals surface area contributed by atoms with Gasteiger partial charge in [0.1, 0.15) is 5.75 Å². The number of rotatable bonds is 6. The number of benzene rings is 1. The largest absolute Gasteiger partial charge is 0.481 e. The third kappa shape index (κ3) is 4.57. The van der Waals surface area contributed by atoms with Crippen LogP contribution in [0.4, 0.5) is 5.13 Å². The second kappa shape index (κ2) is 6.85. The monoisotopic (exact) mass is 305 g/mol. The van der Waals surface area contributed by atoms with E-state index in [2.05, 4.69) is 10.3 Å². The first-order chi connectivity index (χ1) is 10.0. The number of nitrogens with two attached hydrogens (primary N) is 1. The maximum absolute atomic E-state index is 12.0. The lowest BCUT2D eigenvalue weighted by atomic mass is 10.3. The Labute approximate surface area is 125 Å².